The number of nitrogens with zero attached hydrogens (tertiary/aromatic N) is 1. The van der Waals surface area contributed by atoms with E-state index in [1.807, 2.05) is 7.05 Å². The van der Waals surface area contributed by atoms with Crippen molar-refractivity contribution in [3.63, 3.8) is 0 Å². The van der Waals surface area contributed by atoms with Gasteiger partial charge in [-0.3, -0.25) is 4.79 Å². The molecule has 1 aliphatic rings. The highest BCUT2D eigenvalue weighted by molar-refractivity contribution is 5.86. The minimum atomic E-state index is -0.679. The molecule has 1 aliphatic heterocycles. The summed E-state index contributed by atoms with van der Waals surface area (Å²) in [4.78, 5) is 13.5. The van der Waals surface area contributed by atoms with Gasteiger partial charge in [0.25, 0.3) is 0 Å². The van der Waals surface area contributed by atoms with Crippen LogP contribution >= 0.6 is 0 Å². The van der Waals surface area contributed by atoms with Gasteiger partial charge in [-0.15, -0.1) is 0 Å². The van der Waals surface area contributed by atoms with E-state index in [-0.39, 0.29) is 18.3 Å². The van der Waals surface area contributed by atoms with Gasteiger partial charge in [-0.25, -0.2) is 0 Å². The number of hydrogen-bond acceptors (Lipinski definition) is 4. The predicted octanol–water partition coefficient (Wildman–Crippen LogP) is -1.17. The van der Waals surface area contributed by atoms with Crippen LogP contribution in [-0.4, -0.2) is 48.6 Å². The minimum absolute atomic E-state index is 0.00171. The zero-order valence-electron chi connectivity index (χ0n) is 7.36. The lowest BCUT2D eigenvalue weighted by Crippen LogP contribution is -2.39. The smallest absolute Gasteiger partial charge is 0.156 e. The minimum Gasteiger partial charge on any atom is -0.394 e. The average molecular weight is 172 g/mol. The second kappa shape index (κ2) is 3.98. The standard InChI is InChI=1S/C8H16N2O2/c1-10-3-2-6(4-10)8(12)7(9)5-11/h6-7,11H,2-5,9H2,1H3. The summed E-state index contributed by atoms with van der Waals surface area (Å²) in [5.74, 6) is 0.0407. The Morgan fingerprint density at radius 3 is 2.92 bits per heavy atom. The van der Waals surface area contributed by atoms with Crippen molar-refractivity contribution in [2.24, 2.45) is 11.7 Å². The van der Waals surface area contributed by atoms with Crippen molar-refractivity contribution in [3.05, 3.63) is 0 Å². The van der Waals surface area contributed by atoms with E-state index >= 15 is 0 Å². The zero-order valence-corrected chi connectivity index (χ0v) is 7.36. The molecule has 12 heavy (non-hydrogen) atoms. The highest BCUT2D eigenvalue weighted by atomic mass is 16.3. The molecule has 2 atom stereocenters. The van der Waals surface area contributed by atoms with Gasteiger partial charge in [-0.2, -0.15) is 0 Å². The molecule has 0 aromatic heterocycles. The van der Waals surface area contributed by atoms with Crippen LogP contribution in [-0.2, 0) is 4.79 Å². The van der Waals surface area contributed by atoms with Crippen LogP contribution in [0.3, 0.4) is 0 Å². The van der Waals surface area contributed by atoms with Crippen LogP contribution in [0.2, 0.25) is 0 Å². The first-order valence-electron chi connectivity index (χ1n) is 4.24. The van der Waals surface area contributed by atoms with Crippen LogP contribution in [0.5, 0.6) is 0 Å². The second-order valence-electron chi connectivity index (χ2n) is 3.44. The number of aliphatic hydroxyl groups is 1. The lowest BCUT2D eigenvalue weighted by Gasteiger charge is -2.12. The van der Waals surface area contributed by atoms with E-state index in [0.717, 1.165) is 19.5 Å². The maximum absolute atomic E-state index is 11.4. The van der Waals surface area contributed by atoms with Crippen LogP contribution in [0.25, 0.3) is 0 Å². The predicted molar refractivity (Wildman–Crippen MR) is 45.7 cm³/mol. The lowest BCUT2D eigenvalue weighted by molar-refractivity contribution is -0.124. The molecule has 0 amide bonds. The summed E-state index contributed by atoms with van der Waals surface area (Å²) in [6, 6.07) is -0.679. The van der Waals surface area contributed by atoms with Crippen molar-refractivity contribution in [1.29, 1.82) is 0 Å². The van der Waals surface area contributed by atoms with E-state index in [1.54, 1.807) is 0 Å². The number of carbonyl (C=O) groups excluding carboxylic acids is 1. The van der Waals surface area contributed by atoms with Crippen LogP contribution in [0, 0.1) is 5.92 Å². The summed E-state index contributed by atoms with van der Waals surface area (Å²) in [7, 11) is 1.98. The average Bonchev–Trinajstić information content (AvgIpc) is 2.49. The third-order valence-corrected chi connectivity index (χ3v) is 2.36. The molecule has 70 valence electrons. The summed E-state index contributed by atoms with van der Waals surface area (Å²) in [6.45, 7) is 1.50. The van der Waals surface area contributed by atoms with E-state index in [4.69, 9.17) is 10.8 Å². The summed E-state index contributed by atoms with van der Waals surface area (Å²) in [5.41, 5.74) is 5.42. The molecule has 0 spiro atoms. The van der Waals surface area contributed by atoms with Crippen molar-refractivity contribution >= 4 is 5.78 Å². The van der Waals surface area contributed by atoms with Gasteiger partial charge in [-0.1, -0.05) is 0 Å². The van der Waals surface area contributed by atoms with E-state index in [2.05, 4.69) is 4.90 Å². The van der Waals surface area contributed by atoms with Crippen LogP contribution < -0.4 is 5.73 Å². The van der Waals surface area contributed by atoms with Crippen molar-refractivity contribution in [3.8, 4) is 0 Å². The molecule has 0 saturated carbocycles. The fraction of sp³-hybridized carbons (Fsp3) is 0.875. The fourth-order valence-electron chi connectivity index (χ4n) is 1.56. The zero-order chi connectivity index (χ0) is 9.14. The number of nitrogens with two attached hydrogens (primary N) is 1. The van der Waals surface area contributed by atoms with E-state index in [0.29, 0.717) is 0 Å². The lowest BCUT2D eigenvalue weighted by atomic mass is 9.98. The number of rotatable bonds is 3. The SMILES string of the molecule is CN1CCC(C(=O)C(N)CO)C1. The maximum atomic E-state index is 11.4. The number of Topliss-reactive ketones (excluding diaryl/α,β-unsaturated/α-hetero) is 1. The highest BCUT2D eigenvalue weighted by Gasteiger charge is 2.29. The van der Waals surface area contributed by atoms with Crippen LogP contribution in [0.4, 0.5) is 0 Å². The number of likely N-dealkylation sites (tertiary alicyclic amines) is 1. The second-order valence-corrected chi connectivity index (χ2v) is 3.44. The maximum Gasteiger partial charge on any atom is 0.156 e. The van der Waals surface area contributed by atoms with E-state index in [1.165, 1.54) is 0 Å². The topological polar surface area (TPSA) is 66.6 Å². The molecular formula is C8H16N2O2. The van der Waals surface area contributed by atoms with Gasteiger partial charge in [0, 0.05) is 12.5 Å². The Bertz CT molecular complexity index is 172. The van der Waals surface area contributed by atoms with Crippen molar-refractivity contribution in [2.75, 3.05) is 26.7 Å². The normalized spacial score (nSPS) is 27.4. The molecule has 1 heterocycles. The van der Waals surface area contributed by atoms with Gasteiger partial charge in [-0.05, 0) is 20.0 Å². The Hall–Kier alpha value is -0.450. The molecule has 4 heteroatoms. The summed E-state index contributed by atoms with van der Waals surface area (Å²) in [6.07, 6.45) is 0.878. The van der Waals surface area contributed by atoms with Crippen LogP contribution in [0.1, 0.15) is 6.42 Å². The Labute approximate surface area is 72.3 Å². The van der Waals surface area contributed by atoms with Gasteiger partial charge < -0.3 is 15.7 Å². The Morgan fingerprint density at radius 1 is 1.83 bits per heavy atom. The van der Waals surface area contributed by atoms with Gasteiger partial charge in [0.1, 0.15) is 0 Å². The quantitative estimate of drug-likeness (QED) is 0.563. The highest BCUT2D eigenvalue weighted by Crippen LogP contribution is 2.15. The van der Waals surface area contributed by atoms with Crippen molar-refractivity contribution in [2.45, 2.75) is 12.5 Å². The Morgan fingerprint density at radius 2 is 2.50 bits per heavy atom. The Kier molecular flexibility index (Phi) is 3.20. The van der Waals surface area contributed by atoms with Gasteiger partial charge in [0.05, 0.1) is 12.6 Å². The molecule has 1 rings (SSSR count). The monoisotopic (exact) mass is 172 g/mol. The van der Waals surface area contributed by atoms with Crippen molar-refractivity contribution < 1.29 is 9.90 Å². The van der Waals surface area contributed by atoms with Gasteiger partial charge in [0.2, 0.25) is 0 Å². The number of aliphatic hydroxyl groups excluding tert-OH is 1. The molecule has 0 aromatic carbocycles. The first kappa shape index (κ1) is 9.64. The molecule has 0 radical (unpaired) electrons. The van der Waals surface area contributed by atoms with Crippen LogP contribution in [0.15, 0.2) is 0 Å². The van der Waals surface area contributed by atoms with E-state index < -0.39 is 6.04 Å². The number of carbonyl (C=O) groups is 1. The number of ketones is 1. The first-order chi connectivity index (χ1) is 5.65. The third kappa shape index (κ3) is 2.03. The Balaban J connectivity index is 2.43. The molecule has 4 nitrogen and oxygen atoms in total. The molecule has 1 fully saturated rings. The van der Waals surface area contributed by atoms with Crippen molar-refractivity contribution in [1.82, 2.24) is 4.90 Å². The summed E-state index contributed by atoms with van der Waals surface area (Å²) in [5, 5.41) is 8.67. The molecule has 3 N–H and O–H groups in total. The van der Waals surface area contributed by atoms with Gasteiger partial charge >= 0.3 is 0 Å². The molecule has 2 unspecified atom stereocenters. The van der Waals surface area contributed by atoms with Gasteiger partial charge in [0.15, 0.2) is 5.78 Å². The fourth-order valence-corrected chi connectivity index (χ4v) is 1.56. The summed E-state index contributed by atoms with van der Waals surface area (Å²) < 4.78 is 0. The molecule has 1 saturated heterocycles. The number of hydrogen-bond donors (Lipinski definition) is 2. The summed E-state index contributed by atoms with van der Waals surface area (Å²) >= 11 is 0. The molecule has 0 bridgehead atoms. The third-order valence-electron chi connectivity index (χ3n) is 2.36. The molecular weight excluding hydrogens is 156 g/mol. The molecule has 0 aromatic rings. The largest absolute Gasteiger partial charge is 0.394 e. The first-order valence-corrected chi connectivity index (χ1v) is 4.24. The molecule has 0 aliphatic carbocycles. The van der Waals surface area contributed by atoms with E-state index in [9.17, 15) is 4.79 Å².